The topological polar surface area (TPSA) is 29.5 Å². The van der Waals surface area contributed by atoms with Gasteiger partial charge in [0.25, 0.3) is 0 Å². The predicted octanol–water partition coefficient (Wildman–Crippen LogP) is 3.31. The zero-order chi connectivity index (χ0) is 12.3. The van der Waals surface area contributed by atoms with Gasteiger partial charge in [0.05, 0.1) is 6.61 Å². The van der Waals surface area contributed by atoms with Gasteiger partial charge in [-0.3, -0.25) is 0 Å². The van der Waals surface area contributed by atoms with E-state index in [0.29, 0.717) is 6.61 Å². The van der Waals surface area contributed by atoms with Gasteiger partial charge >= 0.3 is 0 Å². The number of rotatable bonds is 8. The van der Waals surface area contributed by atoms with Crippen LogP contribution in [0, 0.1) is 0 Å². The smallest absolute Gasteiger partial charge is 0.0716 e. The highest BCUT2D eigenvalue weighted by molar-refractivity contribution is 5.13. The van der Waals surface area contributed by atoms with Crippen LogP contribution >= 0.6 is 0 Å². The summed E-state index contributed by atoms with van der Waals surface area (Å²) in [5.74, 6) is 0. The molecular weight excluding hydrogens is 212 g/mol. The molecule has 0 aliphatic rings. The summed E-state index contributed by atoms with van der Waals surface area (Å²) in [5, 5.41) is 8.68. The highest BCUT2D eigenvalue weighted by Gasteiger charge is 1.93. The number of ether oxygens (including phenoxy) is 1. The molecule has 1 rings (SSSR count). The Hall–Kier alpha value is -1.12. The maximum atomic E-state index is 8.68. The van der Waals surface area contributed by atoms with Crippen LogP contribution < -0.4 is 0 Å². The molecule has 0 aliphatic heterocycles. The molecule has 0 atom stereocenters. The molecule has 1 aromatic rings. The summed E-state index contributed by atoms with van der Waals surface area (Å²) < 4.78 is 5.60. The summed E-state index contributed by atoms with van der Waals surface area (Å²) in [5.41, 5.74) is 2.56. The van der Waals surface area contributed by atoms with Gasteiger partial charge in [-0.2, -0.15) is 0 Å². The van der Waals surface area contributed by atoms with Crippen molar-refractivity contribution in [2.75, 3.05) is 13.2 Å². The van der Waals surface area contributed by atoms with Crippen LogP contribution in [-0.4, -0.2) is 18.3 Å². The summed E-state index contributed by atoms with van der Waals surface area (Å²) >= 11 is 0. The fourth-order valence-electron chi connectivity index (χ4n) is 1.63. The van der Waals surface area contributed by atoms with E-state index in [2.05, 4.69) is 25.1 Å². The summed E-state index contributed by atoms with van der Waals surface area (Å²) in [6.45, 7) is 3.83. The normalized spacial score (nSPS) is 11.8. The van der Waals surface area contributed by atoms with Gasteiger partial charge in [-0.15, -0.1) is 0 Å². The van der Waals surface area contributed by atoms with E-state index in [1.54, 1.807) is 0 Å². The van der Waals surface area contributed by atoms with E-state index in [9.17, 15) is 0 Å². The van der Waals surface area contributed by atoms with Crippen LogP contribution in [0.4, 0.5) is 0 Å². The molecule has 1 N–H and O–H groups in total. The Morgan fingerprint density at radius 3 is 2.76 bits per heavy atom. The quantitative estimate of drug-likeness (QED) is 0.552. The molecule has 0 saturated carbocycles. The van der Waals surface area contributed by atoms with Gasteiger partial charge < -0.3 is 9.84 Å². The van der Waals surface area contributed by atoms with Gasteiger partial charge in [-0.05, 0) is 31.7 Å². The number of hydrogen-bond donors (Lipinski definition) is 1. The Balaban J connectivity index is 2.05. The fourth-order valence-corrected chi connectivity index (χ4v) is 1.63. The Labute approximate surface area is 104 Å². The first-order chi connectivity index (χ1) is 8.33. The van der Waals surface area contributed by atoms with Gasteiger partial charge in [-0.1, -0.05) is 42.0 Å². The first-order valence-corrected chi connectivity index (χ1v) is 6.21. The van der Waals surface area contributed by atoms with Crippen molar-refractivity contribution in [2.24, 2.45) is 0 Å². The van der Waals surface area contributed by atoms with Gasteiger partial charge in [0.1, 0.15) is 0 Å². The van der Waals surface area contributed by atoms with Crippen LogP contribution in [-0.2, 0) is 11.3 Å². The van der Waals surface area contributed by atoms with Crippen LogP contribution in [0.5, 0.6) is 0 Å². The van der Waals surface area contributed by atoms with E-state index in [1.807, 2.05) is 18.2 Å². The van der Waals surface area contributed by atoms with Crippen molar-refractivity contribution in [1.82, 2.24) is 0 Å². The second kappa shape index (κ2) is 8.97. The predicted molar refractivity (Wildman–Crippen MR) is 70.8 cm³/mol. The first kappa shape index (κ1) is 13.9. The minimum atomic E-state index is 0.238. The SMILES string of the molecule is C/C(=C\CCO)CCCOCc1ccccc1. The zero-order valence-corrected chi connectivity index (χ0v) is 10.6. The molecule has 0 spiro atoms. The molecular formula is C15H22O2. The van der Waals surface area contributed by atoms with Crippen LogP contribution in [0.25, 0.3) is 0 Å². The van der Waals surface area contributed by atoms with Crippen LogP contribution in [0.2, 0.25) is 0 Å². The van der Waals surface area contributed by atoms with Gasteiger partial charge in [0, 0.05) is 13.2 Å². The molecule has 0 heterocycles. The van der Waals surface area contributed by atoms with Crippen LogP contribution in [0.15, 0.2) is 42.0 Å². The lowest BCUT2D eigenvalue weighted by atomic mass is 10.1. The molecule has 2 heteroatoms. The van der Waals surface area contributed by atoms with Crippen LogP contribution in [0.3, 0.4) is 0 Å². The van der Waals surface area contributed by atoms with Crippen molar-refractivity contribution in [3.05, 3.63) is 47.5 Å². The molecule has 0 aliphatic carbocycles. The van der Waals surface area contributed by atoms with Crippen molar-refractivity contribution >= 4 is 0 Å². The Morgan fingerprint density at radius 2 is 2.06 bits per heavy atom. The Bertz CT molecular complexity index is 317. The summed E-state index contributed by atoms with van der Waals surface area (Å²) in [7, 11) is 0. The van der Waals surface area contributed by atoms with Gasteiger partial charge in [0.15, 0.2) is 0 Å². The second-order valence-corrected chi connectivity index (χ2v) is 4.20. The van der Waals surface area contributed by atoms with E-state index in [4.69, 9.17) is 9.84 Å². The molecule has 0 bridgehead atoms. The standard InChI is InChI=1S/C15H22O2/c1-14(7-5-11-16)8-6-12-17-13-15-9-3-2-4-10-15/h2-4,7,9-10,16H,5-6,8,11-13H2,1H3/b14-7+. The third-order valence-electron chi connectivity index (χ3n) is 2.59. The van der Waals surface area contributed by atoms with E-state index in [0.717, 1.165) is 25.9 Å². The molecule has 17 heavy (non-hydrogen) atoms. The Kier molecular flexibility index (Phi) is 7.35. The molecule has 0 aromatic heterocycles. The molecule has 94 valence electrons. The minimum Gasteiger partial charge on any atom is -0.396 e. The highest BCUT2D eigenvalue weighted by atomic mass is 16.5. The fraction of sp³-hybridized carbons (Fsp3) is 0.467. The number of aliphatic hydroxyl groups is 1. The summed E-state index contributed by atoms with van der Waals surface area (Å²) in [4.78, 5) is 0. The lowest BCUT2D eigenvalue weighted by Crippen LogP contribution is -1.95. The van der Waals surface area contributed by atoms with E-state index in [1.165, 1.54) is 11.1 Å². The zero-order valence-electron chi connectivity index (χ0n) is 10.6. The maximum Gasteiger partial charge on any atom is 0.0716 e. The molecule has 1 aromatic carbocycles. The average molecular weight is 234 g/mol. The third kappa shape index (κ3) is 6.93. The van der Waals surface area contributed by atoms with Crippen molar-refractivity contribution in [1.29, 1.82) is 0 Å². The monoisotopic (exact) mass is 234 g/mol. The van der Waals surface area contributed by atoms with E-state index < -0.39 is 0 Å². The van der Waals surface area contributed by atoms with Gasteiger partial charge in [0.2, 0.25) is 0 Å². The molecule has 0 radical (unpaired) electrons. The summed E-state index contributed by atoms with van der Waals surface area (Å²) in [6.07, 6.45) is 4.95. The number of benzene rings is 1. The summed E-state index contributed by atoms with van der Waals surface area (Å²) in [6, 6.07) is 10.2. The second-order valence-electron chi connectivity index (χ2n) is 4.20. The largest absolute Gasteiger partial charge is 0.396 e. The van der Waals surface area contributed by atoms with Gasteiger partial charge in [-0.25, -0.2) is 0 Å². The first-order valence-electron chi connectivity index (χ1n) is 6.21. The molecule has 2 nitrogen and oxygen atoms in total. The number of allylic oxidation sites excluding steroid dienone is 1. The van der Waals surface area contributed by atoms with Crippen molar-refractivity contribution in [3.63, 3.8) is 0 Å². The van der Waals surface area contributed by atoms with Crippen LogP contribution in [0.1, 0.15) is 31.7 Å². The molecule has 0 unspecified atom stereocenters. The van der Waals surface area contributed by atoms with Crippen molar-refractivity contribution < 1.29 is 9.84 Å². The maximum absolute atomic E-state index is 8.68. The Morgan fingerprint density at radius 1 is 1.29 bits per heavy atom. The third-order valence-corrected chi connectivity index (χ3v) is 2.59. The number of aliphatic hydroxyl groups excluding tert-OH is 1. The van der Waals surface area contributed by atoms with E-state index >= 15 is 0 Å². The molecule has 0 fully saturated rings. The molecule has 0 saturated heterocycles. The number of hydrogen-bond acceptors (Lipinski definition) is 2. The average Bonchev–Trinajstić information content (AvgIpc) is 2.37. The van der Waals surface area contributed by atoms with Crippen molar-refractivity contribution in [3.8, 4) is 0 Å². The lowest BCUT2D eigenvalue weighted by Gasteiger charge is -2.04. The lowest BCUT2D eigenvalue weighted by molar-refractivity contribution is 0.118. The van der Waals surface area contributed by atoms with Crippen molar-refractivity contribution in [2.45, 2.75) is 32.8 Å². The highest BCUT2D eigenvalue weighted by Crippen LogP contribution is 2.06. The molecule has 0 amide bonds. The van der Waals surface area contributed by atoms with E-state index in [-0.39, 0.29) is 6.61 Å². The minimum absolute atomic E-state index is 0.238.